The average molecular weight is 379 g/mol. The van der Waals surface area contributed by atoms with E-state index in [1.165, 1.54) is 26.5 Å². The number of carbonyl (C=O) groups excluding carboxylic acids is 1. The van der Waals surface area contributed by atoms with Crippen molar-refractivity contribution in [3.05, 3.63) is 40.2 Å². The second-order valence-electron chi connectivity index (χ2n) is 4.72. The van der Waals surface area contributed by atoms with E-state index in [0.29, 0.717) is 44.5 Å². The Morgan fingerprint density at radius 3 is 2.74 bits per heavy atom. The predicted octanol–water partition coefficient (Wildman–Crippen LogP) is 3.96. The minimum atomic E-state index is -0.491. The maximum atomic E-state index is 14.3. The largest absolute Gasteiger partial charge is 0.496 e. The van der Waals surface area contributed by atoms with E-state index >= 15 is 0 Å². The number of rotatable bonds is 4. The summed E-state index contributed by atoms with van der Waals surface area (Å²) >= 11 is 3.39. The van der Waals surface area contributed by atoms with Crippen molar-refractivity contribution in [1.82, 2.24) is 9.97 Å². The molecule has 0 saturated carbocycles. The van der Waals surface area contributed by atoms with Gasteiger partial charge in [0.1, 0.15) is 16.0 Å². The van der Waals surface area contributed by atoms with Crippen LogP contribution < -0.4 is 9.47 Å². The molecule has 5 nitrogen and oxygen atoms in total. The van der Waals surface area contributed by atoms with E-state index in [4.69, 9.17) is 9.47 Å². The first kappa shape index (κ1) is 15.5. The first-order valence-electron chi connectivity index (χ1n) is 6.64. The smallest absolute Gasteiger partial charge is 0.229 e. The van der Waals surface area contributed by atoms with E-state index in [-0.39, 0.29) is 5.56 Å². The number of carbonyl (C=O) groups is 1. The number of aldehydes is 1. The van der Waals surface area contributed by atoms with Crippen LogP contribution in [0.15, 0.2) is 28.9 Å². The number of nitrogens with one attached hydrogen (secondary N) is 1. The predicted molar refractivity (Wildman–Crippen MR) is 87.7 cm³/mol. The minimum absolute atomic E-state index is 0.194. The summed E-state index contributed by atoms with van der Waals surface area (Å²) in [6.45, 7) is 0. The number of fused-ring (bicyclic) bond motifs is 1. The van der Waals surface area contributed by atoms with E-state index < -0.39 is 5.82 Å². The number of hydrogen-bond donors (Lipinski definition) is 1. The molecule has 3 rings (SSSR count). The van der Waals surface area contributed by atoms with E-state index in [2.05, 4.69) is 25.9 Å². The SMILES string of the molecule is COc1cccc(F)c1-c1[nH]c2c(Br)c(OC)ncc2c1C=O. The zero-order valence-electron chi connectivity index (χ0n) is 12.3. The Morgan fingerprint density at radius 2 is 2.09 bits per heavy atom. The van der Waals surface area contributed by atoms with E-state index in [0.717, 1.165) is 0 Å². The molecule has 0 aliphatic rings. The second-order valence-corrected chi connectivity index (χ2v) is 5.51. The average Bonchev–Trinajstić information content (AvgIpc) is 2.93. The lowest BCUT2D eigenvalue weighted by Crippen LogP contribution is -1.94. The number of hydrogen-bond acceptors (Lipinski definition) is 4. The molecule has 2 heterocycles. The van der Waals surface area contributed by atoms with Crippen molar-refractivity contribution in [1.29, 1.82) is 0 Å². The highest BCUT2D eigenvalue weighted by molar-refractivity contribution is 9.10. The molecule has 1 aromatic carbocycles. The fourth-order valence-electron chi connectivity index (χ4n) is 2.50. The van der Waals surface area contributed by atoms with Crippen LogP contribution in [0, 0.1) is 5.82 Å². The van der Waals surface area contributed by atoms with Crippen LogP contribution >= 0.6 is 15.9 Å². The summed E-state index contributed by atoms with van der Waals surface area (Å²) in [5, 5.41) is 0.563. The Labute approximate surface area is 139 Å². The van der Waals surface area contributed by atoms with Gasteiger partial charge >= 0.3 is 0 Å². The minimum Gasteiger partial charge on any atom is -0.496 e. The van der Waals surface area contributed by atoms with Gasteiger partial charge in [-0.05, 0) is 28.1 Å². The molecule has 118 valence electrons. The summed E-state index contributed by atoms with van der Waals surface area (Å²) < 4.78 is 25.3. The number of ether oxygens (including phenoxy) is 2. The third-order valence-corrected chi connectivity index (χ3v) is 4.29. The number of halogens is 2. The highest BCUT2D eigenvalue weighted by Gasteiger charge is 2.22. The molecule has 0 amide bonds. The van der Waals surface area contributed by atoms with E-state index in [1.54, 1.807) is 12.1 Å². The number of pyridine rings is 1. The third-order valence-electron chi connectivity index (χ3n) is 3.55. The van der Waals surface area contributed by atoms with Crippen molar-refractivity contribution in [2.75, 3.05) is 14.2 Å². The molecule has 0 saturated heterocycles. The van der Waals surface area contributed by atoms with E-state index in [9.17, 15) is 9.18 Å². The molecule has 0 unspecified atom stereocenters. The van der Waals surface area contributed by atoms with Gasteiger partial charge in [-0.1, -0.05) is 6.07 Å². The van der Waals surface area contributed by atoms with Crippen molar-refractivity contribution in [2.24, 2.45) is 0 Å². The first-order chi connectivity index (χ1) is 11.1. The maximum Gasteiger partial charge on any atom is 0.229 e. The Morgan fingerprint density at radius 1 is 1.30 bits per heavy atom. The third kappa shape index (κ3) is 2.37. The molecule has 3 aromatic rings. The number of nitrogens with zero attached hydrogens (tertiary/aromatic N) is 1. The molecule has 0 aliphatic heterocycles. The van der Waals surface area contributed by atoms with Gasteiger partial charge in [-0.25, -0.2) is 9.37 Å². The van der Waals surface area contributed by atoms with Crippen LogP contribution in [0.4, 0.5) is 4.39 Å². The van der Waals surface area contributed by atoms with Gasteiger partial charge in [0.2, 0.25) is 5.88 Å². The maximum absolute atomic E-state index is 14.3. The molecule has 0 atom stereocenters. The van der Waals surface area contributed by atoms with Gasteiger partial charge in [0, 0.05) is 17.1 Å². The number of methoxy groups -OCH3 is 2. The fourth-order valence-corrected chi connectivity index (χ4v) is 3.08. The summed E-state index contributed by atoms with van der Waals surface area (Å²) in [5.41, 5.74) is 1.43. The standard InChI is InChI=1S/C16H12BrFN2O3/c1-22-11-5-3-4-10(18)12(11)14-9(7-21)8-6-19-16(23-2)13(17)15(8)20-14/h3-7,20H,1-2H3. The van der Waals surface area contributed by atoms with Crippen LogP contribution in [0.2, 0.25) is 0 Å². The van der Waals surface area contributed by atoms with Crippen molar-refractivity contribution in [2.45, 2.75) is 0 Å². The molecule has 23 heavy (non-hydrogen) atoms. The summed E-state index contributed by atoms with van der Waals surface area (Å²) in [4.78, 5) is 18.8. The molecule has 0 fully saturated rings. The summed E-state index contributed by atoms with van der Waals surface area (Å²) in [6, 6.07) is 4.49. The quantitative estimate of drug-likeness (QED) is 0.697. The molecule has 0 spiro atoms. The van der Waals surface area contributed by atoms with Crippen LogP contribution in [0.25, 0.3) is 22.2 Å². The molecule has 1 N–H and O–H groups in total. The number of aromatic amines is 1. The van der Waals surface area contributed by atoms with Crippen LogP contribution in [-0.4, -0.2) is 30.5 Å². The zero-order chi connectivity index (χ0) is 16.6. The van der Waals surface area contributed by atoms with Crippen LogP contribution in [0.3, 0.4) is 0 Å². The van der Waals surface area contributed by atoms with Crippen molar-refractivity contribution in [3.63, 3.8) is 0 Å². The summed E-state index contributed by atoms with van der Waals surface area (Å²) in [6.07, 6.45) is 2.18. The second kappa shape index (κ2) is 6.00. The van der Waals surface area contributed by atoms with Crippen LogP contribution in [0.1, 0.15) is 10.4 Å². The zero-order valence-corrected chi connectivity index (χ0v) is 13.9. The Balaban J connectivity index is 2.39. The summed E-state index contributed by atoms with van der Waals surface area (Å²) in [7, 11) is 2.94. The van der Waals surface area contributed by atoms with Crippen LogP contribution in [-0.2, 0) is 0 Å². The van der Waals surface area contributed by atoms with E-state index in [1.807, 2.05) is 0 Å². The number of benzene rings is 1. The Hall–Kier alpha value is -2.41. The Kier molecular flexibility index (Phi) is 4.04. The lowest BCUT2D eigenvalue weighted by Gasteiger charge is -2.08. The Bertz CT molecular complexity index is 908. The lowest BCUT2D eigenvalue weighted by atomic mass is 10.1. The van der Waals surface area contributed by atoms with Crippen molar-refractivity contribution < 1.29 is 18.7 Å². The monoisotopic (exact) mass is 378 g/mol. The van der Waals surface area contributed by atoms with Crippen molar-refractivity contribution >= 4 is 33.1 Å². The molecule has 2 aromatic heterocycles. The molecule has 0 bridgehead atoms. The van der Waals surface area contributed by atoms with Gasteiger partial charge in [0.25, 0.3) is 0 Å². The number of H-pyrrole nitrogens is 1. The van der Waals surface area contributed by atoms with Gasteiger partial charge in [0.15, 0.2) is 6.29 Å². The first-order valence-corrected chi connectivity index (χ1v) is 7.43. The van der Waals surface area contributed by atoms with Gasteiger partial charge in [0.05, 0.1) is 31.0 Å². The number of aromatic nitrogens is 2. The molecule has 0 aliphatic carbocycles. The molecular weight excluding hydrogens is 367 g/mol. The van der Waals surface area contributed by atoms with Crippen molar-refractivity contribution in [3.8, 4) is 22.9 Å². The highest BCUT2D eigenvalue weighted by Crippen LogP contribution is 2.40. The fraction of sp³-hybridized carbons (Fsp3) is 0.125. The normalized spacial score (nSPS) is 10.8. The lowest BCUT2D eigenvalue weighted by molar-refractivity contribution is 0.112. The van der Waals surface area contributed by atoms with Gasteiger partial charge in [-0.15, -0.1) is 0 Å². The highest BCUT2D eigenvalue weighted by atomic mass is 79.9. The topological polar surface area (TPSA) is 64.2 Å². The van der Waals surface area contributed by atoms with Crippen LogP contribution in [0.5, 0.6) is 11.6 Å². The summed E-state index contributed by atoms with van der Waals surface area (Å²) in [5.74, 6) is 0.203. The molecule has 0 radical (unpaired) electrons. The van der Waals surface area contributed by atoms with Gasteiger partial charge in [-0.2, -0.15) is 0 Å². The molecule has 7 heteroatoms. The van der Waals surface area contributed by atoms with Gasteiger partial charge in [-0.3, -0.25) is 4.79 Å². The molecular formula is C16H12BrFN2O3. The van der Waals surface area contributed by atoms with Gasteiger partial charge < -0.3 is 14.5 Å².